The molecule has 0 saturated carbocycles. The van der Waals surface area contributed by atoms with Gasteiger partial charge in [-0.3, -0.25) is 0 Å². The fraction of sp³-hybridized carbons (Fsp3) is 0.333. The Morgan fingerprint density at radius 3 is 2.39 bits per heavy atom. The molecule has 0 aliphatic carbocycles. The molecule has 3 heteroatoms. The van der Waals surface area contributed by atoms with Gasteiger partial charge in [0.2, 0.25) is 0 Å². The fourth-order valence-electron chi connectivity index (χ4n) is 2.06. The van der Waals surface area contributed by atoms with Gasteiger partial charge in [-0.05, 0) is 44.5 Å². The van der Waals surface area contributed by atoms with Crippen LogP contribution in [0.2, 0.25) is 0 Å². The summed E-state index contributed by atoms with van der Waals surface area (Å²) in [5, 5.41) is 3.54. The van der Waals surface area contributed by atoms with E-state index >= 15 is 0 Å². The highest BCUT2D eigenvalue weighted by Crippen LogP contribution is 2.25. The number of aryl methyl sites for hydroxylation is 1. The van der Waals surface area contributed by atoms with Gasteiger partial charge in [-0.2, -0.15) is 0 Å². The Kier molecular flexibility index (Phi) is 4.25. The van der Waals surface area contributed by atoms with Crippen molar-refractivity contribution in [1.82, 2.24) is 5.32 Å². The molecule has 0 amide bonds. The summed E-state index contributed by atoms with van der Waals surface area (Å²) in [4.78, 5) is 0. The van der Waals surface area contributed by atoms with Crippen LogP contribution in [-0.4, -0.2) is 0 Å². The topological polar surface area (TPSA) is 25.2 Å². The summed E-state index contributed by atoms with van der Waals surface area (Å²) in [7, 11) is 0. The minimum atomic E-state index is 0.195. The van der Waals surface area contributed by atoms with Crippen molar-refractivity contribution in [3.63, 3.8) is 0 Å². The van der Waals surface area contributed by atoms with Crippen LogP contribution in [0, 0.1) is 6.92 Å². The van der Waals surface area contributed by atoms with Crippen molar-refractivity contribution in [3.05, 3.63) is 58.0 Å². The van der Waals surface area contributed by atoms with E-state index in [1.54, 1.807) is 0 Å². The van der Waals surface area contributed by atoms with Crippen molar-refractivity contribution in [3.8, 4) is 0 Å². The molecule has 1 heterocycles. The SMILES string of the molecule is Cc1ccc(C(C)NC(C)c2ccccc2Br)o1. The number of hydrogen-bond donors (Lipinski definition) is 1. The lowest BCUT2D eigenvalue weighted by Gasteiger charge is -2.20. The average molecular weight is 308 g/mol. The molecule has 0 fully saturated rings. The van der Waals surface area contributed by atoms with Gasteiger partial charge in [0, 0.05) is 10.5 Å². The highest BCUT2D eigenvalue weighted by atomic mass is 79.9. The Balaban J connectivity index is 2.08. The Bertz CT molecular complexity index is 521. The zero-order chi connectivity index (χ0) is 13.1. The standard InChI is InChI=1S/C15H18BrNO/c1-10-8-9-15(18-10)12(3)17-11(2)13-6-4-5-7-14(13)16/h4-9,11-12,17H,1-3H3. The minimum Gasteiger partial charge on any atom is -0.465 e. The van der Waals surface area contributed by atoms with Crippen molar-refractivity contribution in [2.75, 3.05) is 0 Å². The van der Waals surface area contributed by atoms with Crippen LogP contribution in [0.15, 0.2) is 45.3 Å². The lowest BCUT2D eigenvalue weighted by atomic mass is 10.1. The van der Waals surface area contributed by atoms with Crippen LogP contribution in [0.5, 0.6) is 0 Å². The molecule has 1 N–H and O–H groups in total. The number of hydrogen-bond acceptors (Lipinski definition) is 2. The first-order valence-electron chi connectivity index (χ1n) is 6.14. The summed E-state index contributed by atoms with van der Waals surface area (Å²) in [6, 6.07) is 12.8. The lowest BCUT2D eigenvalue weighted by Crippen LogP contribution is -2.22. The Morgan fingerprint density at radius 2 is 1.78 bits per heavy atom. The monoisotopic (exact) mass is 307 g/mol. The quantitative estimate of drug-likeness (QED) is 0.880. The highest BCUT2D eigenvalue weighted by Gasteiger charge is 2.15. The van der Waals surface area contributed by atoms with Crippen molar-refractivity contribution < 1.29 is 4.42 Å². The molecule has 0 aliphatic rings. The summed E-state index contributed by atoms with van der Waals surface area (Å²) in [6.45, 7) is 6.24. The third-order valence-electron chi connectivity index (χ3n) is 3.06. The molecule has 2 atom stereocenters. The zero-order valence-electron chi connectivity index (χ0n) is 10.9. The molecule has 2 rings (SSSR count). The van der Waals surface area contributed by atoms with Gasteiger partial charge in [0.15, 0.2) is 0 Å². The third-order valence-corrected chi connectivity index (χ3v) is 3.78. The summed E-state index contributed by atoms with van der Waals surface area (Å²) >= 11 is 3.58. The van der Waals surface area contributed by atoms with E-state index in [1.165, 1.54) is 5.56 Å². The average Bonchev–Trinajstić information content (AvgIpc) is 2.76. The fourth-order valence-corrected chi connectivity index (χ4v) is 2.69. The van der Waals surface area contributed by atoms with Crippen molar-refractivity contribution in [1.29, 1.82) is 0 Å². The maximum absolute atomic E-state index is 5.64. The zero-order valence-corrected chi connectivity index (χ0v) is 12.5. The van der Waals surface area contributed by atoms with E-state index in [0.29, 0.717) is 0 Å². The molecular weight excluding hydrogens is 290 g/mol. The van der Waals surface area contributed by atoms with E-state index in [-0.39, 0.29) is 12.1 Å². The van der Waals surface area contributed by atoms with Gasteiger partial charge >= 0.3 is 0 Å². The molecule has 2 aromatic rings. The summed E-state index contributed by atoms with van der Waals surface area (Å²) in [5.74, 6) is 1.93. The first-order chi connectivity index (χ1) is 8.58. The number of rotatable bonds is 4. The van der Waals surface area contributed by atoms with E-state index in [0.717, 1.165) is 16.0 Å². The van der Waals surface area contributed by atoms with Gasteiger partial charge in [-0.1, -0.05) is 34.1 Å². The van der Waals surface area contributed by atoms with Crippen molar-refractivity contribution in [2.45, 2.75) is 32.9 Å². The Labute approximate surface area is 117 Å². The van der Waals surface area contributed by atoms with E-state index in [1.807, 2.05) is 25.1 Å². The molecule has 0 aliphatic heterocycles. The molecule has 2 nitrogen and oxygen atoms in total. The molecule has 18 heavy (non-hydrogen) atoms. The summed E-state index contributed by atoms with van der Waals surface area (Å²) in [6.07, 6.45) is 0. The van der Waals surface area contributed by atoms with Gasteiger partial charge in [0.05, 0.1) is 6.04 Å². The maximum atomic E-state index is 5.64. The number of benzene rings is 1. The van der Waals surface area contributed by atoms with Crippen molar-refractivity contribution in [2.24, 2.45) is 0 Å². The van der Waals surface area contributed by atoms with Crippen molar-refractivity contribution >= 4 is 15.9 Å². The number of halogens is 1. The first kappa shape index (κ1) is 13.4. The molecule has 2 unspecified atom stereocenters. The van der Waals surface area contributed by atoms with Gasteiger partial charge in [-0.15, -0.1) is 0 Å². The molecule has 1 aromatic heterocycles. The summed E-state index contributed by atoms with van der Waals surface area (Å²) in [5.41, 5.74) is 1.26. The molecule has 96 valence electrons. The molecule has 0 saturated heterocycles. The van der Waals surface area contributed by atoms with E-state index in [4.69, 9.17) is 4.42 Å². The Morgan fingerprint density at radius 1 is 1.06 bits per heavy atom. The van der Waals surface area contributed by atoms with Gasteiger partial charge in [-0.25, -0.2) is 0 Å². The smallest absolute Gasteiger partial charge is 0.120 e. The third kappa shape index (κ3) is 3.03. The van der Waals surface area contributed by atoms with Crippen LogP contribution in [0.25, 0.3) is 0 Å². The molecule has 0 radical (unpaired) electrons. The van der Waals surface area contributed by atoms with Gasteiger partial charge in [0.25, 0.3) is 0 Å². The second-order valence-electron chi connectivity index (χ2n) is 4.58. The van der Waals surface area contributed by atoms with Crippen LogP contribution >= 0.6 is 15.9 Å². The number of nitrogens with one attached hydrogen (secondary N) is 1. The largest absolute Gasteiger partial charge is 0.465 e. The van der Waals surface area contributed by atoms with E-state index in [2.05, 4.69) is 53.3 Å². The van der Waals surface area contributed by atoms with Gasteiger partial charge < -0.3 is 9.73 Å². The van der Waals surface area contributed by atoms with Crippen LogP contribution in [0.3, 0.4) is 0 Å². The second-order valence-corrected chi connectivity index (χ2v) is 5.43. The molecule has 0 bridgehead atoms. The van der Waals surface area contributed by atoms with Crippen LogP contribution < -0.4 is 5.32 Å². The first-order valence-corrected chi connectivity index (χ1v) is 6.94. The van der Waals surface area contributed by atoms with E-state index in [9.17, 15) is 0 Å². The van der Waals surface area contributed by atoms with Crippen LogP contribution in [0.1, 0.15) is 43.0 Å². The second kappa shape index (κ2) is 5.72. The predicted molar refractivity (Wildman–Crippen MR) is 77.6 cm³/mol. The number of furan rings is 1. The molecule has 1 aromatic carbocycles. The highest BCUT2D eigenvalue weighted by molar-refractivity contribution is 9.10. The summed E-state index contributed by atoms with van der Waals surface area (Å²) < 4.78 is 6.77. The van der Waals surface area contributed by atoms with Gasteiger partial charge in [0.1, 0.15) is 11.5 Å². The van der Waals surface area contributed by atoms with Crippen LogP contribution in [-0.2, 0) is 0 Å². The predicted octanol–water partition coefficient (Wildman–Crippen LogP) is 4.76. The Hall–Kier alpha value is -1.06. The molecule has 0 spiro atoms. The van der Waals surface area contributed by atoms with E-state index < -0.39 is 0 Å². The lowest BCUT2D eigenvalue weighted by molar-refractivity contribution is 0.392. The normalized spacial score (nSPS) is 14.4. The maximum Gasteiger partial charge on any atom is 0.120 e. The minimum absolute atomic E-state index is 0.195. The molecular formula is C15H18BrNO. The van der Waals surface area contributed by atoms with Crippen LogP contribution in [0.4, 0.5) is 0 Å².